The van der Waals surface area contributed by atoms with Crippen LogP contribution in [0.4, 0.5) is 0 Å². The van der Waals surface area contributed by atoms with Crippen molar-refractivity contribution in [3.8, 4) is 33.3 Å². The molecule has 0 aliphatic heterocycles. The van der Waals surface area contributed by atoms with E-state index in [1.54, 1.807) is 48.5 Å². The maximum atomic E-state index is 13.6. The summed E-state index contributed by atoms with van der Waals surface area (Å²) in [6.07, 6.45) is 7.87. The van der Waals surface area contributed by atoms with E-state index in [1.807, 2.05) is 12.1 Å². The molecular weight excluding hydrogens is 498 g/mol. The van der Waals surface area contributed by atoms with Gasteiger partial charge in [0.25, 0.3) is 5.56 Å². The Morgan fingerprint density at radius 2 is 1.92 bits per heavy atom. The van der Waals surface area contributed by atoms with Gasteiger partial charge in [-0.2, -0.15) is 10.4 Å². The first-order valence-electron chi connectivity index (χ1n) is 10.7. The third kappa shape index (κ3) is 3.33. The predicted molar refractivity (Wildman–Crippen MR) is 139 cm³/mol. The van der Waals surface area contributed by atoms with Crippen molar-refractivity contribution in [2.45, 2.75) is 0 Å². The first-order valence-corrected chi connectivity index (χ1v) is 11.8. The number of aromatic nitrogens is 6. The van der Waals surface area contributed by atoms with Crippen LogP contribution < -0.4 is 11.2 Å². The Morgan fingerprint density at radius 1 is 1.08 bits per heavy atom. The van der Waals surface area contributed by atoms with Gasteiger partial charge in [0.1, 0.15) is 10.8 Å². The molecule has 5 heterocycles. The van der Waals surface area contributed by atoms with E-state index in [9.17, 15) is 14.9 Å². The molecule has 9 nitrogen and oxygen atoms in total. The largest absolute Gasteiger partial charge is 0.333 e. The third-order valence-electron chi connectivity index (χ3n) is 5.87. The number of H-pyrrole nitrogens is 1. The van der Waals surface area contributed by atoms with Crippen LogP contribution in [0.25, 0.3) is 48.4 Å². The summed E-state index contributed by atoms with van der Waals surface area (Å²) >= 11 is 7.85. The molecule has 0 spiro atoms. The topological polar surface area (TPSA) is 122 Å². The van der Waals surface area contributed by atoms with Crippen molar-refractivity contribution in [3.05, 3.63) is 92.7 Å². The lowest BCUT2D eigenvalue weighted by Crippen LogP contribution is -2.33. The van der Waals surface area contributed by atoms with Crippen LogP contribution in [0.5, 0.6) is 0 Å². The SMILES string of the molecule is Cn1ncc2cncc(-n3c(=O)[nH]c4cc(-c5c(Cl)cccc5-c5cncc(C#N)c5)sc4c3=O)c21. The van der Waals surface area contributed by atoms with Crippen molar-refractivity contribution in [1.29, 1.82) is 5.26 Å². The van der Waals surface area contributed by atoms with E-state index in [1.165, 1.54) is 23.7 Å². The van der Waals surface area contributed by atoms with E-state index in [4.69, 9.17) is 11.6 Å². The number of halogens is 1. The second-order valence-corrected chi connectivity index (χ2v) is 9.48. The summed E-state index contributed by atoms with van der Waals surface area (Å²) in [5, 5.41) is 14.7. The number of nitrogens with zero attached hydrogens (tertiary/aromatic N) is 6. The molecule has 0 saturated carbocycles. The number of hydrogen-bond donors (Lipinski definition) is 1. The Morgan fingerprint density at radius 3 is 2.75 bits per heavy atom. The zero-order valence-electron chi connectivity index (χ0n) is 18.6. The van der Waals surface area contributed by atoms with Crippen molar-refractivity contribution >= 4 is 44.1 Å². The van der Waals surface area contributed by atoms with Gasteiger partial charge in [-0.25, -0.2) is 9.36 Å². The van der Waals surface area contributed by atoms with E-state index in [2.05, 4.69) is 26.1 Å². The van der Waals surface area contributed by atoms with Crippen LogP contribution in [0.2, 0.25) is 5.02 Å². The normalized spacial score (nSPS) is 11.2. The van der Waals surface area contributed by atoms with Crippen LogP contribution in [-0.2, 0) is 7.05 Å². The molecule has 0 atom stereocenters. The van der Waals surface area contributed by atoms with Crippen molar-refractivity contribution < 1.29 is 0 Å². The summed E-state index contributed by atoms with van der Waals surface area (Å²) in [6.45, 7) is 0. The summed E-state index contributed by atoms with van der Waals surface area (Å²) in [7, 11) is 1.74. The van der Waals surface area contributed by atoms with Gasteiger partial charge in [-0.05, 0) is 23.8 Å². The summed E-state index contributed by atoms with van der Waals surface area (Å²) in [6, 6.07) is 11.0. The van der Waals surface area contributed by atoms with E-state index >= 15 is 0 Å². The number of pyridine rings is 2. The van der Waals surface area contributed by atoms with Crippen LogP contribution in [-0.4, -0.2) is 29.3 Å². The third-order valence-corrected chi connectivity index (χ3v) is 7.33. The standard InChI is InChI=1S/C25H14ClN7O2S/c1-32-22-15(11-30-32)10-29-12-19(22)33-24(34)23-18(31-25(33)35)6-20(36-23)21-16(3-2-4-17(21)26)14-5-13(7-27)8-28-9-14/h2-6,8-12H,1H3,(H,31,35). The van der Waals surface area contributed by atoms with Crippen LogP contribution in [0, 0.1) is 11.3 Å². The molecule has 0 saturated heterocycles. The molecule has 0 amide bonds. The zero-order chi connectivity index (χ0) is 25.0. The maximum absolute atomic E-state index is 13.6. The molecule has 5 aromatic heterocycles. The fourth-order valence-corrected chi connectivity index (χ4v) is 5.74. The average Bonchev–Trinajstić information content (AvgIpc) is 3.48. The van der Waals surface area contributed by atoms with E-state index in [-0.39, 0.29) is 0 Å². The number of aryl methyl sites for hydroxylation is 1. The van der Waals surface area contributed by atoms with E-state index < -0.39 is 11.2 Å². The Bertz CT molecular complexity index is 1990. The zero-order valence-corrected chi connectivity index (χ0v) is 20.1. The molecule has 1 N–H and O–H groups in total. The van der Waals surface area contributed by atoms with E-state index in [0.29, 0.717) is 53.4 Å². The van der Waals surface area contributed by atoms with Gasteiger partial charge in [-0.15, -0.1) is 11.3 Å². The molecule has 0 fully saturated rings. The number of hydrogen-bond acceptors (Lipinski definition) is 7. The predicted octanol–water partition coefficient (Wildman–Crippen LogP) is 4.28. The first kappa shape index (κ1) is 21.9. The van der Waals surface area contributed by atoms with Gasteiger partial charge in [0.15, 0.2) is 0 Å². The summed E-state index contributed by atoms with van der Waals surface area (Å²) < 4.78 is 3.04. The van der Waals surface area contributed by atoms with Gasteiger partial charge >= 0.3 is 5.69 Å². The molecule has 6 rings (SSSR count). The van der Waals surface area contributed by atoms with Gasteiger partial charge in [-0.3, -0.25) is 19.4 Å². The van der Waals surface area contributed by atoms with Crippen LogP contribution in [0.3, 0.4) is 0 Å². The summed E-state index contributed by atoms with van der Waals surface area (Å²) in [5.74, 6) is 0. The maximum Gasteiger partial charge on any atom is 0.333 e. The molecule has 0 bridgehead atoms. The molecule has 0 aliphatic rings. The number of thiophene rings is 1. The van der Waals surface area contributed by atoms with Crippen molar-refractivity contribution in [3.63, 3.8) is 0 Å². The highest BCUT2D eigenvalue weighted by Crippen LogP contribution is 2.41. The van der Waals surface area contributed by atoms with Gasteiger partial charge in [0.05, 0.1) is 34.7 Å². The molecule has 36 heavy (non-hydrogen) atoms. The quantitative estimate of drug-likeness (QED) is 0.378. The lowest BCUT2D eigenvalue weighted by Gasteiger charge is -2.10. The molecule has 0 unspecified atom stereocenters. The number of rotatable bonds is 3. The number of nitriles is 1. The smallest absolute Gasteiger partial charge is 0.306 e. The molecule has 174 valence electrons. The Kier molecular flexibility index (Phi) is 5.03. The minimum atomic E-state index is -0.586. The summed E-state index contributed by atoms with van der Waals surface area (Å²) in [4.78, 5) is 38.6. The number of nitrogens with one attached hydrogen (secondary N) is 1. The monoisotopic (exact) mass is 511 g/mol. The molecule has 0 aliphatic carbocycles. The molecule has 1 aromatic carbocycles. The van der Waals surface area contributed by atoms with Crippen LogP contribution in [0.1, 0.15) is 5.56 Å². The molecule has 6 aromatic rings. The molecular formula is C25H14ClN7O2S. The number of aromatic amines is 1. The Balaban J connectivity index is 1.60. The van der Waals surface area contributed by atoms with Crippen molar-refractivity contribution in [2.24, 2.45) is 7.05 Å². The highest BCUT2D eigenvalue weighted by atomic mass is 35.5. The van der Waals surface area contributed by atoms with Crippen LogP contribution in [0.15, 0.2) is 70.9 Å². The van der Waals surface area contributed by atoms with Gasteiger partial charge in [0, 0.05) is 52.1 Å². The van der Waals surface area contributed by atoms with Gasteiger partial charge in [-0.1, -0.05) is 23.7 Å². The number of fused-ring (bicyclic) bond motifs is 2. The van der Waals surface area contributed by atoms with E-state index in [0.717, 1.165) is 10.1 Å². The lowest BCUT2D eigenvalue weighted by molar-refractivity contribution is 0.788. The highest BCUT2D eigenvalue weighted by Gasteiger charge is 2.20. The fourth-order valence-electron chi connectivity index (χ4n) is 4.29. The van der Waals surface area contributed by atoms with Crippen LogP contribution >= 0.6 is 22.9 Å². The average molecular weight is 512 g/mol. The Hall–Kier alpha value is -4.59. The number of benzene rings is 1. The Labute approximate surface area is 211 Å². The lowest BCUT2D eigenvalue weighted by atomic mass is 9.99. The molecule has 11 heteroatoms. The highest BCUT2D eigenvalue weighted by molar-refractivity contribution is 7.22. The molecule has 0 radical (unpaired) electrons. The first-order chi connectivity index (χ1) is 17.5. The fraction of sp³-hybridized carbons (Fsp3) is 0.0400. The minimum absolute atomic E-state index is 0.341. The second-order valence-electron chi connectivity index (χ2n) is 8.03. The summed E-state index contributed by atoms with van der Waals surface area (Å²) in [5.41, 5.74) is 2.87. The van der Waals surface area contributed by atoms with Crippen molar-refractivity contribution in [1.82, 2.24) is 29.3 Å². The second kappa shape index (κ2) is 8.27. The van der Waals surface area contributed by atoms with Gasteiger partial charge < -0.3 is 4.98 Å². The minimum Gasteiger partial charge on any atom is -0.306 e. The van der Waals surface area contributed by atoms with Gasteiger partial charge in [0.2, 0.25) is 0 Å². The van der Waals surface area contributed by atoms with Crippen molar-refractivity contribution in [2.75, 3.05) is 0 Å².